The van der Waals surface area contributed by atoms with Crippen molar-refractivity contribution in [1.29, 1.82) is 0 Å². The van der Waals surface area contributed by atoms with Crippen LogP contribution in [0.15, 0.2) is 18.2 Å². The van der Waals surface area contributed by atoms with Gasteiger partial charge in [-0.05, 0) is 25.1 Å². The number of aliphatic carboxylic acids is 1. The maximum absolute atomic E-state index is 12.0. The Kier molecular flexibility index (Phi) is 9.18. The largest absolute Gasteiger partial charge is 0.493 e. The van der Waals surface area contributed by atoms with Gasteiger partial charge in [-0.2, -0.15) is 0 Å². The molecule has 6 atom stereocenters. The lowest BCUT2D eigenvalue weighted by Crippen LogP contribution is -2.60. The first-order valence-corrected chi connectivity index (χ1v) is 10.1. The van der Waals surface area contributed by atoms with Crippen molar-refractivity contribution in [2.45, 2.75) is 56.1 Å². The third kappa shape index (κ3) is 7.01. The fraction of sp³-hybridized carbons (Fsp3) is 0.571. The first kappa shape index (κ1) is 27.3. The van der Waals surface area contributed by atoms with E-state index in [1.807, 2.05) is 0 Å². The number of esters is 2. The molecule has 1 aliphatic rings. The zero-order valence-electron chi connectivity index (χ0n) is 18.7. The van der Waals surface area contributed by atoms with Gasteiger partial charge in [0.1, 0.15) is 31.0 Å². The van der Waals surface area contributed by atoms with Gasteiger partial charge >= 0.3 is 17.9 Å². The van der Waals surface area contributed by atoms with Gasteiger partial charge in [0, 0.05) is 0 Å². The molecule has 1 heterocycles. The van der Waals surface area contributed by atoms with Gasteiger partial charge in [-0.15, -0.1) is 0 Å². The minimum atomic E-state index is -1.86. The molecule has 13 heteroatoms. The van der Waals surface area contributed by atoms with Crippen LogP contribution in [0.4, 0.5) is 0 Å². The number of methoxy groups -OCH3 is 2. The van der Waals surface area contributed by atoms with E-state index in [2.05, 4.69) is 4.74 Å². The summed E-state index contributed by atoms with van der Waals surface area (Å²) in [5.74, 6) is -2.79. The molecule has 1 fully saturated rings. The summed E-state index contributed by atoms with van der Waals surface area (Å²) in [6.07, 6.45) is -9.31. The van der Waals surface area contributed by atoms with Crippen LogP contribution in [-0.2, 0) is 23.8 Å². The number of carbonyl (C=O) groups excluding carboxylic acids is 2. The van der Waals surface area contributed by atoms with Gasteiger partial charge in [0.05, 0.1) is 38.2 Å². The average Bonchev–Trinajstić information content (AvgIpc) is 2.76. The summed E-state index contributed by atoms with van der Waals surface area (Å²) in [6, 6.07) is 4.04. The molecule has 6 unspecified atom stereocenters. The third-order valence-electron chi connectivity index (χ3n) is 4.96. The molecular weight excluding hydrogens is 460 g/mol. The van der Waals surface area contributed by atoms with Crippen molar-refractivity contribution in [3.63, 3.8) is 0 Å². The Bertz CT molecular complexity index is 883. The molecule has 0 aliphatic carbocycles. The SMILES string of the molecule is COC(=O)c1ccc(OC2OC(COC(=O)CC(C)(O)CC(=O)O)C(O)C(O)C2O)c(OC)c1. The molecule has 0 amide bonds. The molecule has 5 N–H and O–H groups in total. The number of carbonyl (C=O) groups is 3. The second-order valence-electron chi connectivity index (χ2n) is 7.92. The summed E-state index contributed by atoms with van der Waals surface area (Å²) in [5, 5.41) is 49.4. The molecule has 34 heavy (non-hydrogen) atoms. The quantitative estimate of drug-likeness (QED) is 0.247. The molecule has 0 aromatic heterocycles. The number of aliphatic hydroxyl groups excluding tert-OH is 3. The zero-order valence-corrected chi connectivity index (χ0v) is 18.7. The number of hydrogen-bond acceptors (Lipinski definition) is 12. The Balaban J connectivity index is 2.08. The van der Waals surface area contributed by atoms with Crippen LogP contribution in [0.3, 0.4) is 0 Å². The Morgan fingerprint density at radius 1 is 1.03 bits per heavy atom. The highest BCUT2D eigenvalue weighted by Crippen LogP contribution is 2.32. The molecule has 1 aromatic rings. The highest BCUT2D eigenvalue weighted by atomic mass is 16.7. The average molecular weight is 488 g/mol. The van der Waals surface area contributed by atoms with Gasteiger partial charge in [-0.3, -0.25) is 9.59 Å². The van der Waals surface area contributed by atoms with Crippen molar-refractivity contribution in [3.8, 4) is 11.5 Å². The van der Waals surface area contributed by atoms with Gasteiger partial charge in [-0.1, -0.05) is 0 Å². The van der Waals surface area contributed by atoms with E-state index in [0.29, 0.717) is 0 Å². The number of aliphatic hydroxyl groups is 4. The zero-order chi connectivity index (χ0) is 25.6. The van der Waals surface area contributed by atoms with Crippen LogP contribution >= 0.6 is 0 Å². The van der Waals surface area contributed by atoms with Gasteiger partial charge in [0.15, 0.2) is 11.5 Å². The van der Waals surface area contributed by atoms with Crippen molar-refractivity contribution < 1.29 is 63.6 Å². The Morgan fingerprint density at radius 3 is 2.29 bits per heavy atom. The lowest BCUT2D eigenvalue weighted by Gasteiger charge is -2.40. The van der Waals surface area contributed by atoms with E-state index >= 15 is 0 Å². The van der Waals surface area contributed by atoms with Gasteiger partial charge in [0.25, 0.3) is 0 Å². The van der Waals surface area contributed by atoms with Gasteiger partial charge in [0.2, 0.25) is 6.29 Å². The first-order chi connectivity index (χ1) is 15.9. The van der Waals surface area contributed by atoms with E-state index in [9.17, 15) is 34.8 Å². The number of carboxylic acid groups (broad SMARTS) is 1. The Morgan fingerprint density at radius 2 is 1.71 bits per heavy atom. The molecule has 13 nitrogen and oxygen atoms in total. The predicted molar refractivity (Wildman–Crippen MR) is 110 cm³/mol. The Labute approximate surface area is 194 Å². The summed E-state index contributed by atoms with van der Waals surface area (Å²) in [4.78, 5) is 34.4. The highest BCUT2D eigenvalue weighted by Gasteiger charge is 2.46. The second-order valence-corrected chi connectivity index (χ2v) is 7.92. The van der Waals surface area contributed by atoms with Crippen molar-refractivity contribution >= 4 is 17.9 Å². The van der Waals surface area contributed by atoms with Gasteiger partial charge in [-0.25, -0.2) is 4.79 Å². The highest BCUT2D eigenvalue weighted by molar-refractivity contribution is 5.90. The van der Waals surface area contributed by atoms with E-state index in [1.54, 1.807) is 0 Å². The Hall–Kier alpha value is -2.97. The summed E-state index contributed by atoms with van der Waals surface area (Å²) in [6.45, 7) is 0.558. The lowest BCUT2D eigenvalue weighted by atomic mass is 9.98. The molecule has 2 rings (SSSR count). The molecule has 1 saturated heterocycles. The van der Waals surface area contributed by atoms with E-state index in [0.717, 1.165) is 6.92 Å². The van der Waals surface area contributed by atoms with Gasteiger partial charge < -0.3 is 49.2 Å². The second kappa shape index (κ2) is 11.4. The fourth-order valence-corrected chi connectivity index (χ4v) is 3.21. The minimum absolute atomic E-state index is 0.0308. The normalized spacial score (nSPS) is 26.1. The molecule has 0 spiro atoms. The lowest BCUT2D eigenvalue weighted by molar-refractivity contribution is -0.278. The number of carboxylic acids is 1. The maximum atomic E-state index is 12.0. The summed E-state index contributed by atoms with van der Waals surface area (Å²) < 4.78 is 25.8. The number of ether oxygens (including phenoxy) is 5. The topological polar surface area (TPSA) is 199 Å². The van der Waals surface area contributed by atoms with Crippen LogP contribution in [0.2, 0.25) is 0 Å². The number of hydrogen-bond donors (Lipinski definition) is 5. The van der Waals surface area contributed by atoms with Crippen LogP contribution in [0.5, 0.6) is 11.5 Å². The monoisotopic (exact) mass is 488 g/mol. The van der Waals surface area contributed by atoms with E-state index in [1.165, 1.54) is 32.4 Å². The van der Waals surface area contributed by atoms with Crippen LogP contribution in [-0.4, -0.2) is 101 Å². The van der Waals surface area contributed by atoms with Crippen molar-refractivity contribution in [2.75, 3.05) is 20.8 Å². The molecule has 0 bridgehead atoms. The van der Waals surface area contributed by atoms with E-state index in [-0.39, 0.29) is 17.1 Å². The predicted octanol–water partition coefficient (Wildman–Crippen LogP) is -1.17. The minimum Gasteiger partial charge on any atom is -0.493 e. The van der Waals surface area contributed by atoms with Crippen molar-refractivity contribution in [3.05, 3.63) is 23.8 Å². The molecule has 190 valence electrons. The fourth-order valence-electron chi connectivity index (χ4n) is 3.21. The summed E-state index contributed by atoms with van der Waals surface area (Å²) >= 11 is 0. The number of rotatable bonds is 10. The molecule has 0 saturated carbocycles. The molecule has 1 aliphatic heterocycles. The summed E-state index contributed by atoms with van der Waals surface area (Å²) in [5.41, 5.74) is -1.70. The standard InChI is InChI=1S/C21H28O13/c1-21(29,7-14(22)23)8-15(24)32-9-13-16(25)17(26)18(27)20(34-13)33-11-5-4-10(19(28)31-3)6-12(11)30-2/h4-6,13,16-18,20,25-27,29H,7-9H2,1-3H3,(H,22,23). The van der Waals surface area contributed by atoms with Crippen LogP contribution in [0.25, 0.3) is 0 Å². The van der Waals surface area contributed by atoms with Crippen molar-refractivity contribution in [2.24, 2.45) is 0 Å². The maximum Gasteiger partial charge on any atom is 0.337 e. The molecule has 0 radical (unpaired) electrons. The first-order valence-electron chi connectivity index (χ1n) is 10.1. The van der Waals surface area contributed by atoms with E-state index < -0.39 is 73.7 Å². The molecular formula is C21H28O13. The third-order valence-corrected chi connectivity index (χ3v) is 4.96. The van der Waals surface area contributed by atoms with E-state index in [4.69, 9.17) is 24.1 Å². The molecule has 1 aromatic carbocycles. The summed E-state index contributed by atoms with van der Waals surface area (Å²) in [7, 11) is 2.51. The number of benzene rings is 1. The van der Waals surface area contributed by atoms with Crippen LogP contribution < -0.4 is 9.47 Å². The van der Waals surface area contributed by atoms with Crippen molar-refractivity contribution in [1.82, 2.24) is 0 Å². The van der Waals surface area contributed by atoms with Crippen LogP contribution in [0.1, 0.15) is 30.1 Å². The smallest absolute Gasteiger partial charge is 0.337 e. The van der Waals surface area contributed by atoms with Crippen LogP contribution in [0, 0.1) is 0 Å².